The van der Waals surface area contributed by atoms with Crippen molar-refractivity contribution in [2.75, 3.05) is 0 Å². The number of halogens is 3. The summed E-state index contributed by atoms with van der Waals surface area (Å²) in [6, 6.07) is 8.70. The minimum atomic E-state index is -0.530. The van der Waals surface area contributed by atoms with Gasteiger partial charge in [0.25, 0.3) is 5.91 Å². The highest BCUT2D eigenvalue weighted by Crippen LogP contribution is 2.34. The Morgan fingerprint density at radius 3 is 2.48 bits per heavy atom. The second-order valence-corrected chi connectivity index (χ2v) is 5.76. The zero-order chi connectivity index (χ0) is 17.0. The molecule has 0 radical (unpaired) electrons. The van der Waals surface area contributed by atoms with E-state index in [1.807, 2.05) is 0 Å². The molecule has 0 bridgehead atoms. The Hall–Kier alpha value is -1.89. The molecular weight excluding hydrogens is 362 g/mol. The summed E-state index contributed by atoms with van der Waals surface area (Å²) in [4.78, 5) is 11.8. The largest absolute Gasteiger partial charge is 0.486 e. The number of benzene rings is 2. The summed E-state index contributed by atoms with van der Waals surface area (Å²) in [5, 5.41) is 2.39. The molecule has 2 aromatic rings. The van der Waals surface area contributed by atoms with Crippen molar-refractivity contribution in [1.29, 1.82) is 0 Å². The zero-order valence-corrected chi connectivity index (χ0v) is 13.9. The average molecular weight is 373 g/mol. The molecule has 3 N–H and O–H groups in total. The first-order valence-corrected chi connectivity index (χ1v) is 7.50. The Morgan fingerprint density at radius 2 is 1.91 bits per heavy atom. The molecule has 0 aromatic heterocycles. The first-order valence-electron chi connectivity index (χ1n) is 6.34. The number of nitrogens with one attached hydrogen (secondary N) is 1. The quantitative estimate of drug-likeness (QED) is 0.803. The van der Waals surface area contributed by atoms with Gasteiger partial charge in [-0.3, -0.25) is 10.1 Å². The topological polar surface area (TPSA) is 64.3 Å². The fourth-order valence-electron chi connectivity index (χ4n) is 1.80. The lowest BCUT2D eigenvalue weighted by atomic mass is 10.2. The number of nitrogens with two attached hydrogens (primary N) is 1. The van der Waals surface area contributed by atoms with Crippen molar-refractivity contribution < 1.29 is 13.9 Å². The van der Waals surface area contributed by atoms with Crippen molar-refractivity contribution in [2.24, 2.45) is 5.73 Å². The van der Waals surface area contributed by atoms with E-state index in [1.165, 1.54) is 24.3 Å². The predicted molar refractivity (Wildman–Crippen MR) is 91.4 cm³/mol. The monoisotopic (exact) mass is 372 g/mol. The summed E-state index contributed by atoms with van der Waals surface area (Å²) in [6.07, 6.45) is 0. The highest BCUT2D eigenvalue weighted by atomic mass is 35.5. The summed E-state index contributed by atoms with van der Waals surface area (Å²) < 4.78 is 18.6. The summed E-state index contributed by atoms with van der Waals surface area (Å²) in [7, 11) is 0. The first-order chi connectivity index (χ1) is 10.9. The van der Waals surface area contributed by atoms with Crippen molar-refractivity contribution in [3.8, 4) is 5.75 Å². The summed E-state index contributed by atoms with van der Waals surface area (Å²) >= 11 is 16.8. The second-order valence-electron chi connectivity index (χ2n) is 4.51. The third-order valence-corrected chi connectivity index (χ3v) is 3.43. The van der Waals surface area contributed by atoms with Crippen LogP contribution in [0.5, 0.6) is 5.75 Å². The minimum absolute atomic E-state index is 0.0790. The Morgan fingerprint density at radius 1 is 1.26 bits per heavy atom. The van der Waals surface area contributed by atoms with E-state index in [2.05, 4.69) is 17.5 Å². The van der Waals surface area contributed by atoms with Crippen molar-refractivity contribution in [1.82, 2.24) is 5.32 Å². The molecule has 0 aliphatic carbocycles. The van der Waals surface area contributed by atoms with Crippen LogP contribution in [0.25, 0.3) is 0 Å². The molecule has 0 spiro atoms. The Balaban J connectivity index is 2.17. The molecule has 2 rings (SSSR count). The van der Waals surface area contributed by atoms with Gasteiger partial charge >= 0.3 is 0 Å². The van der Waals surface area contributed by atoms with Crippen LogP contribution in [-0.2, 0) is 6.61 Å². The average Bonchev–Trinajstić information content (AvgIpc) is 2.45. The highest BCUT2D eigenvalue weighted by Gasteiger charge is 2.15. The van der Waals surface area contributed by atoms with Gasteiger partial charge in [-0.05, 0) is 42.0 Å². The maximum Gasteiger partial charge on any atom is 0.257 e. The van der Waals surface area contributed by atoms with Crippen LogP contribution in [-0.4, -0.2) is 11.0 Å². The molecule has 2 aromatic carbocycles. The van der Waals surface area contributed by atoms with Crippen LogP contribution in [0.3, 0.4) is 0 Å². The lowest BCUT2D eigenvalue weighted by molar-refractivity contribution is 0.0977. The van der Waals surface area contributed by atoms with Gasteiger partial charge in [0.2, 0.25) is 0 Å². The lowest BCUT2D eigenvalue weighted by Gasteiger charge is -2.12. The van der Waals surface area contributed by atoms with Crippen LogP contribution < -0.4 is 15.8 Å². The molecule has 0 aliphatic rings. The van der Waals surface area contributed by atoms with Gasteiger partial charge in [-0.25, -0.2) is 4.39 Å². The molecule has 0 aliphatic heterocycles. The van der Waals surface area contributed by atoms with Crippen molar-refractivity contribution in [3.05, 3.63) is 63.4 Å². The normalized spacial score (nSPS) is 10.2. The molecule has 8 heteroatoms. The zero-order valence-electron chi connectivity index (χ0n) is 11.6. The van der Waals surface area contributed by atoms with E-state index >= 15 is 0 Å². The number of hydrogen-bond acceptors (Lipinski definition) is 3. The maximum absolute atomic E-state index is 13.1. The van der Waals surface area contributed by atoms with Gasteiger partial charge in [0, 0.05) is 5.56 Å². The van der Waals surface area contributed by atoms with Gasteiger partial charge in [-0.15, -0.1) is 0 Å². The number of hydrogen-bond donors (Lipinski definition) is 2. The maximum atomic E-state index is 13.1. The van der Waals surface area contributed by atoms with E-state index in [4.69, 9.17) is 33.7 Å². The minimum Gasteiger partial charge on any atom is -0.486 e. The molecule has 1 amide bonds. The molecule has 0 fully saturated rings. The molecule has 0 unspecified atom stereocenters. The van der Waals surface area contributed by atoms with E-state index in [0.717, 1.165) is 0 Å². The Labute approximate surface area is 147 Å². The van der Waals surface area contributed by atoms with Gasteiger partial charge in [0.15, 0.2) is 10.9 Å². The number of carbonyl (C=O) groups is 1. The molecular formula is C15H11Cl2FN2O2S. The fourth-order valence-corrected chi connectivity index (χ4v) is 2.48. The number of ether oxygens (including phenoxy) is 1. The van der Waals surface area contributed by atoms with E-state index in [9.17, 15) is 9.18 Å². The summed E-state index contributed by atoms with van der Waals surface area (Å²) in [5.74, 6) is -0.699. The van der Waals surface area contributed by atoms with Crippen molar-refractivity contribution in [2.45, 2.75) is 6.61 Å². The van der Waals surface area contributed by atoms with E-state index in [-0.39, 0.29) is 38.9 Å². The van der Waals surface area contributed by atoms with Crippen LogP contribution in [0, 0.1) is 5.82 Å². The van der Waals surface area contributed by atoms with Gasteiger partial charge < -0.3 is 10.5 Å². The Kier molecular flexibility index (Phi) is 5.76. The molecule has 4 nitrogen and oxygen atoms in total. The van der Waals surface area contributed by atoms with E-state index < -0.39 is 5.91 Å². The fraction of sp³-hybridized carbons (Fsp3) is 0.0667. The van der Waals surface area contributed by atoms with Crippen molar-refractivity contribution >= 4 is 46.4 Å². The molecule has 0 heterocycles. The number of rotatable bonds is 4. The number of carbonyl (C=O) groups excluding carboxylic acids is 1. The third kappa shape index (κ3) is 4.79. The summed E-state index contributed by atoms with van der Waals surface area (Å²) in [5.41, 5.74) is 6.04. The van der Waals surface area contributed by atoms with Crippen LogP contribution >= 0.6 is 35.4 Å². The van der Waals surface area contributed by atoms with Crippen LogP contribution in [0.2, 0.25) is 10.0 Å². The van der Waals surface area contributed by atoms with Gasteiger partial charge in [0.1, 0.15) is 12.4 Å². The first kappa shape index (κ1) is 17.5. The molecule has 0 saturated carbocycles. The molecule has 0 atom stereocenters. The number of amides is 1. The third-order valence-electron chi connectivity index (χ3n) is 2.77. The SMILES string of the molecule is NC(=S)NC(=O)c1cc(Cl)c(OCc2cccc(F)c2)c(Cl)c1. The van der Waals surface area contributed by atoms with Gasteiger partial charge in [0.05, 0.1) is 10.0 Å². The molecule has 23 heavy (non-hydrogen) atoms. The number of thiocarbonyl (C=S) groups is 1. The van der Waals surface area contributed by atoms with Crippen LogP contribution in [0.4, 0.5) is 4.39 Å². The van der Waals surface area contributed by atoms with Crippen LogP contribution in [0.1, 0.15) is 15.9 Å². The molecule has 0 saturated heterocycles. The van der Waals surface area contributed by atoms with Gasteiger partial charge in [-0.2, -0.15) is 0 Å². The highest BCUT2D eigenvalue weighted by molar-refractivity contribution is 7.80. The van der Waals surface area contributed by atoms with E-state index in [0.29, 0.717) is 5.56 Å². The predicted octanol–water partition coefficient (Wildman–Crippen LogP) is 3.68. The van der Waals surface area contributed by atoms with Gasteiger partial charge in [-0.1, -0.05) is 35.3 Å². The lowest BCUT2D eigenvalue weighted by Crippen LogP contribution is -2.34. The van der Waals surface area contributed by atoms with E-state index in [1.54, 1.807) is 12.1 Å². The second kappa shape index (κ2) is 7.59. The van der Waals surface area contributed by atoms with Crippen molar-refractivity contribution in [3.63, 3.8) is 0 Å². The molecule has 120 valence electrons. The smallest absolute Gasteiger partial charge is 0.257 e. The standard InChI is InChI=1S/C15H11Cl2FN2O2S/c16-11-5-9(14(21)20-15(19)23)6-12(17)13(11)22-7-8-2-1-3-10(18)4-8/h1-6H,7H2,(H3,19,20,21,23). The van der Waals surface area contributed by atoms with Crippen LogP contribution in [0.15, 0.2) is 36.4 Å². The Bertz CT molecular complexity index is 748. The summed E-state index contributed by atoms with van der Waals surface area (Å²) in [6.45, 7) is 0.0790.